The molecule has 0 bridgehead atoms. The lowest BCUT2D eigenvalue weighted by Crippen LogP contribution is -2.13. The van der Waals surface area contributed by atoms with E-state index in [1.165, 1.54) is 23.7 Å². The molecule has 5 rings (SSSR count). The molecule has 34 heavy (non-hydrogen) atoms. The number of aromatic nitrogens is 2. The van der Waals surface area contributed by atoms with Crippen LogP contribution in [0.5, 0.6) is 0 Å². The highest BCUT2D eigenvalue weighted by Gasteiger charge is 2.19. The second-order valence-electron chi connectivity index (χ2n) is 8.23. The lowest BCUT2D eigenvalue weighted by molar-refractivity contribution is 0.598. The Kier molecular flexibility index (Phi) is 5.88. The van der Waals surface area contributed by atoms with Crippen molar-refractivity contribution in [1.82, 2.24) is 9.55 Å². The summed E-state index contributed by atoms with van der Waals surface area (Å²) in [6, 6.07) is 21.6. The van der Waals surface area contributed by atoms with E-state index < -0.39 is 10.0 Å². The second-order valence-corrected chi connectivity index (χ2v) is 10.3. The Morgan fingerprint density at radius 1 is 1.00 bits per heavy atom. The third kappa shape index (κ3) is 4.57. The molecule has 0 saturated carbocycles. The van der Waals surface area contributed by atoms with Crippen molar-refractivity contribution in [3.63, 3.8) is 0 Å². The van der Waals surface area contributed by atoms with E-state index >= 15 is 0 Å². The predicted molar refractivity (Wildman–Crippen MR) is 136 cm³/mol. The standard InChI is InChI=1S/C27H22ClN3O2S/c1-31-17-27(29-18-31)34(32,33)30-23-7-4-5-19(15-23)9-13-26-24-8-3-2-6-20(24)10-11-21-16-22(28)12-14-25(21)26/h2-9,12,14-18,30H,10-11H2,1H3. The minimum Gasteiger partial charge on any atom is -0.339 e. The Hall–Kier alpha value is -3.57. The van der Waals surface area contributed by atoms with Gasteiger partial charge in [-0.2, -0.15) is 8.42 Å². The fourth-order valence-electron chi connectivity index (χ4n) is 4.15. The van der Waals surface area contributed by atoms with Crippen molar-refractivity contribution in [2.75, 3.05) is 4.72 Å². The number of benzene rings is 3. The molecule has 1 aromatic heterocycles. The van der Waals surface area contributed by atoms with E-state index in [4.69, 9.17) is 11.6 Å². The Balaban J connectivity index is 1.55. The number of nitrogens with zero attached hydrogens (tertiary/aromatic N) is 2. The molecule has 3 aromatic carbocycles. The van der Waals surface area contributed by atoms with Crippen LogP contribution in [0.1, 0.15) is 27.8 Å². The molecule has 0 unspecified atom stereocenters. The van der Waals surface area contributed by atoms with Crippen LogP contribution in [-0.2, 0) is 29.9 Å². The number of nitrogens with one attached hydrogen (secondary N) is 1. The normalized spacial score (nSPS) is 12.8. The fourth-order valence-corrected chi connectivity index (χ4v) is 5.38. The monoisotopic (exact) mass is 487 g/mol. The van der Waals surface area contributed by atoms with Gasteiger partial charge in [-0.25, -0.2) is 4.98 Å². The van der Waals surface area contributed by atoms with Crippen molar-refractivity contribution in [3.8, 4) is 0 Å². The molecule has 0 spiro atoms. The zero-order valence-corrected chi connectivity index (χ0v) is 20.1. The largest absolute Gasteiger partial charge is 0.339 e. The van der Waals surface area contributed by atoms with Gasteiger partial charge in [-0.1, -0.05) is 54.1 Å². The maximum absolute atomic E-state index is 12.6. The number of fused-ring (bicyclic) bond motifs is 2. The molecule has 0 amide bonds. The summed E-state index contributed by atoms with van der Waals surface area (Å²) in [5.74, 6) is 0. The molecule has 4 aromatic rings. The lowest BCUT2D eigenvalue weighted by atomic mass is 9.94. The second kappa shape index (κ2) is 8.99. The molecule has 0 fully saturated rings. The van der Waals surface area contributed by atoms with Gasteiger partial charge in [-0.05, 0) is 71.0 Å². The number of hydrogen-bond donors (Lipinski definition) is 1. The Bertz CT molecular complexity index is 1560. The Morgan fingerprint density at radius 3 is 2.62 bits per heavy atom. The van der Waals surface area contributed by atoms with Crippen LogP contribution in [0, 0.1) is 0 Å². The number of halogens is 1. The van der Waals surface area contributed by atoms with E-state index in [9.17, 15) is 8.42 Å². The van der Waals surface area contributed by atoms with Gasteiger partial charge in [0.25, 0.3) is 10.0 Å². The topological polar surface area (TPSA) is 64.0 Å². The van der Waals surface area contributed by atoms with Crippen LogP contribution < -0.4 is 4.72 Å². The van der Waals surface area contributed by atoms with Crippen molar-refractivity contribution < 1.29 is 8.42 Å². The molecule has 0 aliphatic heterocycles. The first-order chi connectivity index (χ1) is 16.4. The van der Waals surface area contributed by atoms with Gasteiger partial charge in [-0.3, -0.25) is 4.72 Å². The van der Waals surface area contributed by atoms with E-state index in [0.717, 1.165) is 40.1 Å². The molecular formula is C27H22ClN3O2S. The molecule has 0 saturated heterocycles. The number of anilines is 1. The van der Waals surface area contributed by atoms with Crippen molar-refractivity contribution in [2.24, 2.45) is 7.05 Å². The summed E-state index contributed by atoms with van der Waals surface area (Å²) in [4.78, 5) is 3.94. The average Bonchev–Trinajstić information content (AvgIpc) is 3.20. The van der Waals surface area contributed by atoms with Crippen LogP contribution in [0.3, 0.4) is 0 Å². The highest BCUT2D eigenvalue weighted by atomic mass is 35.5. The molecule has 1 heterocycles. The number of rotatable bonds is 4. The minimum absolute atomic E-state index is 0.0246. The summed E-state index contributed by atoms with van der Waals surface area (Å²) in [5.41, 5.74) is 10.5. The number of sulfonamides is 1. The highest BCUT2D eigenvalue weighted by Crippen LogP contribution is 2.34. The van der Waals surface area contributed by atoms with E-state index in [2.05, 4.69) is 33.6 Å². The smallest absolute Gasteiger partial charge is 0.280 e. The van der Waals surface area contributed by atoms with Crippen molar-refractivity contribution in [2.45, 2.75) is 17.9 Å². The molecule has 1 N–H and O–H groups in total. The van der Waals surface area contributed by atoms with E-state index in [1.807, 2.05) is 42.5 Å². The van der Waals surface area contributed by atoms with Crippen LogP contribution in [0.25, 0.3) is 11.6 Å². The third-order valence-corrected chi connectivity index (χ3v) is 7.27. The third-order valence-electron chi connectivity index (χ3n) is 5.77. The van der Waals surface area contributed by atoms with Crippen molar-refractivity contribution in [3.05, 3.63) is 118 Å². The zero-order valence-electron chi connectivity index (χ0n) is 18.5. The van der Waals surface area contributed by atoms with E-state index in [1.54, 1.807) is 23.7 Å². The Labute approximate surface area is 204 Å². The van der Waals surface area contributed by atoms with Gasteiger partial charge in [0, 0.05) is 29.5 Å². The molecular weight excluding hydrogens is 466 g/mol. The summed E-state index contributed by atoms with van der Waals surface area (Å²) in [7, 11) is -2.04. The maximum atomic E-state index is 12.6. The van der Waals surface area contributed by atoms with E-state index in [-0.39, 0.29) is 5.03 Å². The molecule has 0 atom stereocenters. The maximum Gasteiger partial charge on any atom is 0.280 e. The van der Waals surface area contributed by atoms with Crippen LogP contribution in [0.4, 0.5) is 5.69 Å². The van der Waals surface area contributed by atoms with E-state index in [0.29, 0.717) is 5.69 Å². The molecule has 0 radical (unpaired) electrons. The van der Waals surface area contributed by atoms with Gasteiger partial charge in [0.15, 0.2) is 5.03 Å². The molecule has 170 valence electrons. The van der Waals surface area contributed by atoms with Gasteiger partial charge < -0.3 is 4.57 Å². The summed E-state index contributed by atoms with van der Waals surface area (Å²) in [6.07, 6.45) is 6.63. The quantitative estimate of drug-likeness (QED) is 0.374. The summed E-state index contributed by atoms with van der Waals surface area (Å²) in [5, 5.41) is 0.698. The fraction of sp³-hybridized carbons (Fsp3) is 0.111. The number of aryl methyl sites for hydroxylation is 3. The highest BCUT2D eigenvalue weighted by molar-refractivity contribution is 7.92. The van der Waals surface area contributed by atoms with Crippen LogP contribution in [-0.4, -0.2) is 18.0 Å². The molecule has 1 aliphatic carbocycles. The van der Waals surface area contributed by atoms with Gasteiger partial charge >= 0.3 is 0 Å². The molecule has 1 aliphatic rings. The molecule has 5 nitrogen and oxygen atoms in total. The van der Waals surface area contributed by atoms with Gasteiger partial charge in [-0.15, -0.1) is 5.73 Å². The lowest BCUT2D eigenvalue weighted by Gasteiger charge is -2.10. The SMILES string of the molecule is Cn1cnc(S(=O)(=O)Nc2cccc(C=C=C3c4ccccc4CCc4cc(Cl)ccc43)c2)c1. The van der Waals surface area contributed by atoms with Crippen LogP contribution in [0.2, 0.25) is 5.02 Å². The minimum atomic E-state index is -3.77. The van der Waals surface area contributed by atoms with Gasteiger partial charge in [0.05, 0.1) is 6.33 Å². The number of hydrogen-bond acceptors (Lipinski definition) is 3. The van der Waals surface area contributed by atoms with Crippen molar-refractivity contribution >= 4 is 39.0 Å². The van der Waals surface area contributed by atoms with Crippen LogP contribution >= 0.6 is 11.6 Å². The average molecular weight is 488 g/mol. The van der Waals surface area contributed by atoms with Crippen LogP contribution in [0.15, 0.2) is 90.0 Å². The summed E-state index contributed by atoms with van der Waals surface area (Å²) in [6.45, 7) is 0. The van der Waals surface area contributed by atoms with Gasteiger partial charge in [0.1, 0.15) is 0 Å². The molecule has 7 heteroatoms. The summed E-state index contributed by atoms with van der Waals surface area (Å²) < 4.78 is 29.5. The summed E-state index contributed by atoms with van der Waals surface area (Å²) >= 11 is 6.28. The number of imidazole rings is 1. The van der Waals surface area contributed by atoms with Gasteiger partial charge in [0.2, 0.25) is 0 Å². The first-order valence-electron chi connectivity index (χ1n) is 10.8. The van der Waals surface area contributed by atoms with Crippen molar-refractivity contribution in [1.29, 1.82) is 0 Å². The Morgan fingerprint density at radius 2 is 1.79 bits per heavy atom. The first kappa shape index (κ1) is 22.2. The first-order valence-corrected chi connectivity index (χ1v) is 12.7. The zero-order chi connectivity index (χ0) is 23.7. The predicted octanol–water partition coefficient (Wildman–Crippen LogP) is 5.72.